The third kappa shape index (κ3) is 13.8. The van der Waals surface area contributed by atoms with Crippen LogP contribution in [0.1, 0.15) is 132 Å². The van der Waals surface area contributed by atoms with Crippen LogP contribution in [0.2, 0.25) is 0 Å². The number of piperidine rings is 1. The molecule has 15 heteroatoms. The predicted molar refractivity (Wildman–Crippen MR) is 256 cm³/mol. The summed E-state index contributed by atoms with van der Waals surface area (Å²) in [6.45, 7) is 12.8. The van der Waals surface area contributed by atoms with Crippen molar-refractivity contribution < 1.29 is 58.2 Å². The molecule has 15 nitrogen and oxygen atoms in total. The standard InChI is InChI=1S/C53H79N3O12/c1-32-15-11-10-12-16-33(2)42(55-24-22-54-31-55)29-40-20-18-38(7)53(64,68-40)50(61)51(62)56-23-14-13-17-41(56)52(63)67-45(35(4)27-39-19-21-43(57)46(28-39)65-8)30-44(58)34(3)26-37(6)48(60)49(66-9)47(59)36(5)25-32/h10-12,15-16,22,24,26,31-32,34-36,38-43,45-46,48-49,57,60,64H,13-14,17-21,23,25,27-30H2,1-9H3/b12-10+,15-11+,33-16+,37-26+/t32-,34-,35-,36-,38-,39+,40+,41+,42+,43-,45+,46-,48-,49+,53-/m1/s1. The lowest BCUT2D eigenvalue weighted by molar-refractivity contribution is -0.264. The Morgan fingerprint density at radius 3 is 2.32 bits per heavy atom. The number of methoxy groups -OCH3 is 2. The van der Waals surface area contributed by atoms with Crippen molar-refractivity contribution >= 4 is 29.2 Å². The van der Waals surface area contributed by atoms with Crippen molar-refractivity contribution in [1.82, 2.24) is 14.5 Å². The highest BCUT2D eigenvalue weighted by Gasteiger charge is 2.53. The normalized spacial score (nSPS) is 39.1. The minimum Gasteiger partial charge on any atom is -0.460 e. The highest BCUT2D eigenvalue weighted by molar-refractivity contribution is 6.39. The zero-order valence-corrected chi connectivity index (χ0v) is 41.8. The Morgan fingerprint density at radius 1 is 0.882 bits per heavy atom. The van der Waals surface area contributed by atoms with E-state index in [1.54, 1.807) is 46.5 Å². The summed E-state index contributed by atoms with van der Waals surface area (Å²) in [6.07, 6.45) is 17.0. The number of carbonyl (C=O) groups is 5. The summed E-state index contributed by atoms with van der Waals surface area (Å²) in [4.78, 5) is 76.6. The van der Waals surface area contributed by atoms with Crippen molar-refractivity contribution in [2.45, 2.75) is 180 Å². The van der Waals surface area contributed by atoms with Crippen LogP contribution in [0.25, 0.3) is 0 Å². The number of amides is 1. The van der Waals surface area contributed by atoms with Gasteiger partial charge in [0.15, 0.2) is 5.78 Å². The Bertz CT molecular complexity index is 2000. The van der Waals surface area contributed by atoms with Gasteiger partial charge in [-0.3, -0.25) is 19.2 Å². The molecule has 0 spiro atoms. The van der Waals surface area contributed by atoms with E-state index < -0.39 is 77.8 Å². The number of Topliss-reactive ketones (excluding diaryl/α,β-unsaturated/α-hetero) is 3. The Balaban J connectivity index is 1.49. The Morgan fingerprint density at radius 2 is 1.63 bits per heavy atom. The highest BCUT2D eigenvalue weighted by Crippen LogP contribution is 2.39. The van der Waals surface area contributed by atoms with Crippen molar-refractivity contribution in [1.29, 1.82) is 0 Å². The van der Waals surface area contributed by atoms with E-state index in [0.29, 0.717) is 63.4 Å². The Hall–Kier alpha value is -4.12. The van der Waals surface area contributed by atoms with Crippen molar-refractivity contribution in [3.05, 3.63) is 66.3 Å². The van der Waals surface area contributed by atoms with Crippen LogP contribution in [0, 0.1) is 35.5 Å². The fourth-order valence-corrected chi connectivity index (χ4v) is 10.7. The second-order valence-corrected chi connectivity index (χ2v) is 20.4. The number of hydrogen-bond acceptors (Lipinski definition) is 13. The van der Waals surface area contributed by atoms with Gasteiger partial charge in [-0.15, -0.1) is 0 Å². The molecule has 378 valence electrons. The number of ether oxygens (including phenoxy) is 4. The maximum absolute atomic E-state index is 14.4. The SMILES string of the molecule is CO[C@@H]1C[C@H](C[C@@H](C)[C@@H]2CC(=O)[C@H](C)/C=C(\C)[C@@H](O)[C@@H](OC)C(=O)[C@H](C)C[C@H](C)/C=C/C=C/C=C(\C)[C@@H](n3ccnc3)C[C@@H]3CC[C@@H](C)[C@@](O)(O3)C(=O)C(=O)N3CCCC[C@H]3C(=O)O2)CC[C@H]1O. The number of fused-ring (bicyclic) bond motifs is 3. The van der Waals surface area contributed by atoms with E-state index in [1.165, 1.54) is 12.0 Å². The van der Waals surface area contributed by atoms with E-state index in [1.807, 2.05) is 68.8 Å². The van der Waals surface area contributed by atoms with Crippen LogP contribution >= 0.6 is 0 Å². The lowest BCUT2D eigenvalue weighted by Crippen LogP contribution is -2.60. The first kappa shape index (κ1) is 54.8. The molecule has 3 aliphatic heterocycles. The number of hydrogen-bond donors (Lipinski definition) is 3. The minimum atomic E-state index is -2.44. The molecule has 3 fully saturated rings. The first-order valence-corrected chi connectivity index (χ1v) is 24.9. The monoisotopic (exact) mass is 950 g/mol. The van der Waals surface area contributed by atoms with Gasteiger partial charge >= 0.3 is 5.97 Å². The molecule has 0 unspecified atom stereocenters. The van der Waals surface area contributed by atoms with Gasteiger partial charge in [0, 0.05) is 57.3 Å². The Labute approximate surface area is 403 Å². The van der Waals surface area contributed by atoms with Crippen LogP contribution in [-0.2, 0) is 42.9 Å². The molecule has 2 bridgehead atoms. The van der Waals surface area contributed by atoms with Crippen LogP contribution < -0.4 is 0 Å². The number of nitrogens with zero attached hydrogens (tertiary/aromatic N) is 3. The van der Waals surface area contributed by atoms with E-state index in [9.17, 15) is 39.3 Å². The molecule has 1 amide bonds. The molecule has 1 aromatic heterocycles. The highest BCUT2D eigenvalue weighted by atomic mass is 16.6. The van der Waals surface area contributed by atoms with Crippen LogP contribution in [0.5, 0.6) is 0 Å². The molecule has 4 aliphatic rings. The summed E-state index contributed by atoms with van der Waals surface area (Å²) >= 11 is 0. The molecule has 5 rings (SSSR count). The summed E-state index contributed by atoms with van der Waals surface area (Å²) < 4.78 is 25.7. The fourth-order valence-electron chi connectivity index (χ4n) is 10.7. The number of allylic oxidation sites excluding steroid dienone is 7. The van der Waals surface area contributed by atoms with Gasteiger partial charge in [0.25, 0.3) is 11.7 Å². The van der Waals surface area contributed by atoms with Gasteiger partial charge in [0.2, 0.25) is 5.79 Å². The van der Waals surface area contributed by atoms with Crippen molar-refractivity contribution in [3.63, 3.8) is 0 Å². The van der Waals surface area contributed by atoms with Crippen LogP contribution in [0.4, 0.5) is 0 Å². The smallest absolute Gasteiger partial charge is 0.329 e. The van der Waals surface area contributed by atoms with Crippen molar-refractivity contribution in [2.24, 2.45) is 35.5 Å². The second kappa shape index (κ2) is 25.1. The molecule has 4 heterocycles. The molecule has 1 saturated carbocycles. The van der Waals surface area contributed by atoms with Gasteiger partial charge in [0.1, 0.15) is 30.1 Å². The van der Waals surface area contributed by atoms with Crippen LogP contribution in [0.3, 0.4) is 0 Å². The van der Waals surface area contributed by atoms with Crippen molar-refractivity contribution in [3.8, 4) is 0 Å². The Kier molecular flexibility index (Phi) is 20.3. The summed E-state index contributed by atoms with van der Waals surface area (Å²) in [7, 11) is 2.95. The number of imidazole rings is 1. The van der Waals surface area contributed by atoms with Gasteiger partial charge in [-0.2, -0.15) is 0 Å². The third-order valence-electron chi connectivity index (χ3n) is 15.1. The molecule has 0 radical (unpaired) electrons. The zero-order chi connectivity index (χ0) is 49.9. The number of aromatic nitrogens is 2. The molecular formula is C53H79N3O12. The van der Waals surface area contributed by atoms with Gasteiger partial charge in [-0.1, -0.05) is 76.6 Å². The average Bonchev–Trinajstić information content (AvgIpc) is 3.86. The van der Waals surface area contributed by atoms with Crippen LogP contribution in [-0.4, -0.2) is 128 Å². The van der Waals surface area contributed by atoms with Crippen LogP contribution in [0.15, 0.2) is 66.3 Å². The fraction of sp³-hybridized carbons (Fsp3) is 0.698. The number of rotatable bonds is 6. The number of cyclic esters (lactones) is 1. The quantitative estimate of drug-likeness (QED) is 0.156. The first-order chi connectivity index (χ1) is 32.3. The predicted octanol–water partition coefficient (Wildman–Crippen LogP) is 6.60. The van der Waals surface area contributed by atoms with Crippen molar-refractivity contribution in [2.75, 3.05) is 20.8 Å². The minimum absolute atomic E-state index is 0.0119. The second-order valence-electron chi connectivity index (χ2n) is 20.4. The third-order valence-corrected chi connectivity index (χ3v) is 15.1. The van der Waals surface area contributed by atoms with E-state index >= 15 is 0 Å². The molecule has 0 aromatic carbocycles. The van der Waals surface area contributed by atoms with Gasteiger partial charge < -0.3 is 43.7 Å². The summed E-state index contributed by atoms with van der Waals surface area (Å²) in [6, 6.07) is -1.41. The summed E-state index contributed by atoms with van der Waals surface area (Å²) in [5, 5.41) is 34.1. The summed E-state index contributed by atoms with van der Waals surface area (Å²) in [5.74, 6) is -8.00. The zero-order valence-electron chi connectivity index (χ0n) is 41.8. The lowest BCUT2D eigenvalue weighted by atomic mass is 9.78. The number of carbonyl (C=O) groups excluding carboxylic acids is 5. The average molecular weight is 950 g/mol. The number of esters is 1. The molecule has 1 aliphatic carbocycles. The molecule has 2 saturated heterocycles. The van der Waals surface area contributed by atoms with E-state index in [0.717, 1.165) is 12.0 Å². The first-order valence-electron chi connectivity index (χ1n) is 24.9. The molecule has 1 aromatic rings. The molecule has 15 atom stereocenters. The van der Waals surface area contributed by atoms with Gasteiger partial charge in [-0.05, 0) is 108 Å². The van der Waals surface area contributed by atoms with E-state index in [2.05, 4.69) is 4.98 Å². The summed E-state index contributed by atoms with van der Waals surface area (Å²) in [5.41, 5.74) is 1.35. The van der Waals surface area contributed by atoms with Gasteiger partial charge in [-0.25, -0.2) is 9.78 Å². The number of aliphatic hydroxyl groups is 3. The van der Waals surface area contributed by atoms with E-state index in [4.69, 9.17) is 18.9 Å². The largest absolute Gasteiger partial charge is 0.460 e. The molecular weight excluding hydrogens is 871 g/mol. The maximum atomic E-state index is 14.4. The lowest BCUT2D eigenvalue weighted by Gasteiger charge is -2.43. The van der Waals surface area contributed by atoms with E-state index in [-0.39, 0.29) is 60.9 Å². The number of aliphatic hydroxyl groups excluding tert-OH is 2. The molecule has 3 N–H and O–H groups in total. The van der Waals surface area contributed by atoms with Gasteiger partial charge in [0.05, 0.1) is 30.7 Å². The molecule has 68 heavy (non-hydrogen) atoms. The topological polar surface area (TPSA) is 204 Å². The number of ketones is 3. The maximum Gasteiger partial charge on any atom is 0.329 e.